The Morgan fingerprint density at radius 2 is 2.42 bits per heavy atom. The third-order valence-electron chi connectivity index (χ3n) is 1.58. The second-order valence-corrected chi connectivity index (χ2v) is 3.07. The molecule has 2 aromatic rings. The number of thioether (sulfide) groups is 1. The smallest absolute Gasteiger partial charge is 0.138 e. The number of hydrogen-bond donors (Lipinski definition) is 1. The van der Waals surface area contributed by atoms with Gasteiger partial charge in [-0.25, -0.2) is 4.98 Å². The topological polar surface area (TPSA) is 52.5 Å². The van der Waals surface area contributed by atoms with Crippen LogP contribution in [-0.2, 0) is 0 Å². The molecule has 0 unspecified atom stereocenters. The third-order valence-corrected chi connectivity index (χ3v) is 2.24. The second kappa shape index (κ2) is 2.88. The lowest BCUT2D eigenvalue weighted by Crippen LogP contribution is -1.76. The molecule has 3 nitrogen and oxygen atoms in total. The molecular formula is C8H5N3S. The number of hydrogen-bond acceptors (Lipinski definition) is 3. The number of rotatable bonds is 1. The summed E-state index contributed by atoms with van der Waals surface area (Å²) in [6.45, 7) is 0. The van der Waals surface area contributed by atoms with Gasteiger partial charge in [0, 0.05) is 22.7 Å². The zero-order chi connectivity index (χ0) is 8.39. The van der Waals surface area contributed by atoms with Crippen LogP contribution < -0.4 is 0 Å². The SMILES string of the molecule is N#CSc1ccnc2[nH]ccc12. The number of nitrogens with zero attached hydrogens (tertiary/aromatic N) is 2. The molecule has 2 aromatic heterocycles. The molecule has 12 heavy (non-hydrogen) atoms. The quantitative estimate of drug-likeness (QED) is 0.533. The molecule has 4 heteroatoms. The van der Waals surface area contributed by atoms with E-state index in [0.29, 0.717) is 0 Å². The first-order chi connectivity index (χ1) is 5.92. The summed E-state index contributed by atoms with van der Waals surface area (Å²) in [5.74, 6) is 0. The molecule has 0 radical (unpaired) electrons. The van der Waals surface area contributed by atoms with Gasteiger partial charge in [-0.05, 0) is 23.9 Å². The van der Waals surface area contributed by atoms with E-state index < -0.39 is 0 Å². The van der Waals surface area contributed by atoms with E-state index in [1.807, 2.05) is 23.7 Å². The summed E-state index contributed by atoms with van der Waals surface area (Å²) in [7, 11) is 0. The molecule has 2 heterocycles. The predicted molar refractivity (Wildman–Crippen MR) is 47.6 cm³/mol. The minimum absolute atomic E-state index is 0.829. The van der Waals surface area contributed by atoms with Gasteiger partial charge in [0.25, 0.3) is 0 Å². The number of aromatic amines is 1. The Balaban J connectivity index is 2.67. The van der Waals surface area contributed by atoms with Crippen LogP contribution in [0.3, 0.4) is 0 Å². The number of H-pyrrole nitrogens is 1. The van der Waals surface area contributed by atoms with Gasteiger partial charge in [0.2, 0.25) is 0 Å². The minimum Gasteiger partial charge on any atom is -0.346 e. The number of pyridine rings is 1. The van der Waals surface area contributed by atoms with Crippen LogP contribution in [0.25, 0.3) is 11.0 Å². The fourth-order valence-electron chi connectivity index (χ4n) is 1.07. The molecule has 58 valence electrons. The average molecular weight is 175 g/mol. The lowest BCUT2D eigenvalue weighted by atomic mass is 10.3. The first-order valence-corrected chi connectivity index (χ1v) is 4.21. The van der Waals surface area contributed by atoms with Crippen LogP contribution >= 0.6 is 11.8 Å². The molecule has 0 spiro atoms. The highest BCUT2D eigenvalue weighted by Crippen LogP contribution is 2.24. The normalized spacial score (nSPS) is 9.92. The van der Waals surface area contributed by atoms with Crippen molar-refractivity contribution in [2.24, 2.45) is 0 Å². The highest BCUT2D eigenvalue weighted by atomic mass is 32.2. The molecular weight excluding hydrogens is 170 g/mol. The van der Waals surface area contributed by atoms with Gasteiger partial charge < -0.3 is 4.98 Å². The molecule has 0 aliphatic carbocycles. The molecule has 0 aliphatic rings. The van der Waals surface area contributed by atoms with Crippen LogP contribution in [-0.4, -0.2) is 9.97 Å². The number of nitriles is 1. The van der Waals surface area contributed by atoms with Gasteiger partial charge in [-0.15, -0.1) is 0 Å². The maximum absolute atomic E-state index is 8.50. The summed E-state index contributed by atoms with van der Waals surface area (Å²) >= 11 is 1.15. The maximum Gasteiger partial charge on any atom is 0.138 e. The summed E-state index contributed by atoms with van der Waals surface area (Å²) < 4.78 is 0. The van der Waals surface area contributed by atoms with E-state index in [0.717, 1.165) is 27.7 Å². The zero-order valence-corrected chi connectivity index (χ0v) is 6.93. The Morgan fingerprint density at radius 1 is 1.50 bits per heavy atom. The number of aromatic nitrogens is 2. The van der Waals surface area contributed by atoms with Crippen LogP contribution in [0.15, 0.2) is 29.4 Å². The summed E-state index contributed by atoms with van der Waals surface area (Å²) in [5, 5.41) is 11.5. The number of thiocyanates is 1. The van der Waals surface area contributed by atoms with E-state index in [4.69, 9.17) is 5.26 Å². The summed E-state index contributed by atoms with van der Waals surface area (Å²) in [6.07, 6.45) is 3.51. The van der Waals surface area contributed by atoms with Crippen LogP contribution in [0.5, 0.6) is 0 Å². The first kappa shape index (κ1) is 7.19. The Kier molecular flexibility index (Phi) is 1.72. The highest BCUT2D eigenvalue weighted by Gasteiger charge is 2.01. The van der Waals surface area contributed by atoms with E-state index in [1.54, 1.807) is 6.20 Å². The van der Waals surface area contributed by atoms with Crippen LogP contribution in [0, 0.1) is 10.7 Å². The lowest BCUT2D eigenvalue weighted by Gasteiger charge is -1.93. The van der Waals surface area contributed by atoms with Crippen LogP contribution in [0.1, 0.15) is 0 Å². The molecule has 0 bridgehead atoms. The van der Waals surface area contributed by atoms with Crippen molar-refractivity contribution < 1.29 is 0 Å². The van der Waals surface area contributed by atoms with E-state index in [1.165, 1.54) is 0 Å². The Bertz CT molecular complexity index is 441. The van der Waals surface area contributed by atoms with Gasteiger partial charge in [-0.3, -0.25) is 0 Å². The van der Waals surface area contributed by atoms with Crippen molar-refractivity contribution in [2.75, 3.05) is 0 Å². The second-order valence-electron chi connectivity index (χ2n) is 2.24. The molecule has 0 aliphatic heterocycles. The molecule has 0 saturated heterocycles. The molecule has 0 aromatic carbocycles. The number of nitrogens with one attached hydrogen (secondary N) is 1. The Hall–Kier alpha value is -1.47. The maximum atomic E-state index is 8.50. The zero-order valence-electron chi connectivity index (χ0n) is 6.11. The van der Waals surface area contributed by atoms with Crippen molar-refractivity contribution in [1.29, 1.82) is 5.26 Å². The van der Waals surface area contributed by atoms with Crippen LogP contribution in [0.2, 0.25) is 0 Å². The molecule has 0 saturated carbocycles. The van der Waals surface area contributed by atoms with Crippen molar-refractivity contribution >= 4 is 22.8 Å². The van der Waals surface area contributed by atoms with E-state index in [-0.39, 0.29) is 0 Å². The molecule has 2 rings (SSSR count). The Morgan fingerprint density at radius 3 is 3.25 bits per heavy atom. The van der Waals surface area contributed by atoms with Gasteiger partial charge in [-0.1, -0.05) is 0 Å². The van der Waals surface area contributed by atoms with Gasteiger partial charge in [0.1, 0.15) is 11.0 Å². The van der Waals surface area contributed by atoms with E-state index in [9.17, 15) is 0 Å². The van der Waals surface area contributed by atoms with Gasteiger partial charge in [-0.2, -0.15) is 5.26 Å². The summed E-state index contributed by atoms with van der Waals surface area (Å²) in [4.78, 5) is 8.04. The van der Waals surface area contributed by atoms with Gasteiger partial charge >= 0.3 is 0 Å². The van der Waals surface area contributed by atoms with Crippen molar-refractivity contribution in [3.05, 3.63) is 24.5 Å². The van der Waals surface area contributed by atoms with E-state index >= 15 is 0 Å². The largest absolute Gasteiger partial charge is 0.346 e. The lowest BCUT2D eigenvalue weighted by molar-refractivity contribution is 1.30. The minimum atomic E-state index is 0.829. The van der Waals surface area contributed by atoms with Gasteiger partial charge in [0.15, 0.2) is 0 Å². The van der Waals surface area contributed by atoms with E-state index in [2.05, 4.69) is 9.97 Å². The van der Waals surface area contributed by atoms with Crippen molar-refractivity contribution in [1.82, 2.24) is 9.97 Å². The fourth-order valence-corrected chi connectivity index (χ4v) is 1.58. The van der Waals surface area contributed by atoms with Crippen molar-refractivity contribution in [2.45, 2.75) is 4.90 Å². The highest BCUT2D eigenvalue weighted by molar-refractivity contribution is 8.04. The molecule has 1 N–H and O–H groups in total. The predicted octanol–water partition coefficient (Wildman–Crippen LogP) is 2.14. The fraction of sp³-hybridized carbons (Fsp3) is 0. The van der Waals surface area contributed by atoms with Crippen molar-refractivity contribution in [3.63, 3.8) is 0 Å². The first-order valence-electron chi connectivity index (χ1n) is 3.40. The standard InChI is InChI=1S/C8H5N3S/c9-5-12-7-2-4-11-8-6(7)1-3-10-8/h1-4H,(H,10,11). The molecule has 0 amide bonds. The molecule has 0 atom stereocenters. The molecule has 0 fully saturated rings. The number of fused-ring (bicyclic) bond motifs is 1. The average Bonchev–Trinajstić information content (AvgIpc) is 2.53. The van der Waals surface area contributed by atoms with Crippen molar-refractivity contribution in [3.8, 4) is 5.40 Å². The van der Waals surface area contributed by atoms with Crippen LogP contribution in [0.4, 0.5) is 0 Å². The monoisotopic (exact) mass is 175 g/mol. The summed E-state index contributed by atoms with van der Waals surface area (Å²) in [6, 6.07) is 3.76. The third kappa shape index (κ3) is 1.04. The summed E-state index contributed by atoms with van der Waals surface area (Å²) in [5.41, 5.74) is 0.829. The Labute approximate surface area is 73.4 Å². The van der Waals surface area contributed by atoms with Gasteiger partial charge in [0.05, 0.1) is 0 Å².